The Morgan fingerprint density at radius 1 is 1.27 bits per heavy atom. The summed E-state index contributed by atoms with van der Waals surface area (Å²) in [4.78, 5) is 13.3. The fraction of sp³-hybridized carbons (Fsp3) is 0.727. The molecule has 7 nitrogen and oxygen atoms in total. The van der Waals surface area contributed by atoms with Crippen molar-refractivity contribution in [3.8, 4) is 0 Å². The number of halogens is 1. The van der Waals surface area contributed by atoms with Crippen LogP contribution in [0.4, 0.5) is 10.2 Å². The first-order valence-electron chi connectivity index (χ1n) is 11.4. The molecule has 4 rings (SSSR count). The Morgan fingerprint density at radius 2 is 2.07 bits per heavy atom. The molecular weight excluding hydrogens is 383 g/mol. The summed E-state index contributed by atoms with van der Waals surface area (Å²) in [5.74, 6) is 1.02. The third-order valence-corrected chi connectivity index (χ3v) is 6.84. The van der Waals surface area contributed by atoms with Gasteiger partial charge in [-0.15, -0.1) is 0 Å². The monoisotopic (exact) mass is 418 g/mol. The fourth-order valence-corrected chi connectivity index (χ4v) is 5.17. The van der Waals surface area contributed by atoms with Gasteiger partial charge >= 0.3 is 0 Å². The van der Waals surface area contributed by atoms with Gasteiger partial charge in [-0.25, -0.2) is 9.37 Å². The van der Waals surface area contributed by atoms with Gasteiger partial charge in [-0.05, 0) is 31.4 Å². The van der Waals surface area contributed by atoms with E-state index in [-0.39, 0.29) is 17.4 Å². The van der Waals surface area contributed by atoms with Gasteiger partial charge < -0.3 is 20.3 Å². The van der Waals surface area contributed by atoms with Crippen molar-refractivity contribution in [3.05, 3.63) is 24.1 Å². The SMILES string of the molecule is CN=C(NCC1(N2CCOCC2)CCCCC1)NC1CCN(c2ncccc2F)C1. The highest BCUT2D eigenvalue weighted by atomic mass is 19.1. The number of morpholine rings is 1. The molecule has 0 radical (unpaired) electrons. The Kier molecular flexibility index (Phi) is 7.04. The number of hydrogen-bond donors (Lipinski definition) is 2. The van der Waals surface area contributed by atoms with Crippen molar-refractivity contribution in [3.63, 3.8) is 0 Å². The van der Waals surface area contributed by atoms with E-state index in [9.17, 15) is 4.39 Å². The molecule has 1 unspecified atom stereocenters. The van der Waals surface area contributed by atoms with E-state index in [1.165, 1.54) is 38.2 Å². The zero-order valence-corrected chi connectivity index (χ0v) is 18.1. The number of rotatable bonds is 5. The summed E-state index contributed by atoms with van der Waals surface area (Å²) < 4.78 is 19.7. The van der Waals surface area contributed by atoms with Gasteiger partial charge in [0, 0.05) is 57.5 Å². The molecule has 8 heteroatoms. The molecule has 2 N–H and O–H groups in total. The quantitative estimate of drug-likeness (QED) is 0.563. The molecule has 3 aliphatic rings. The molecule has 166 valence electrons. The van der Waals surface area contributed by atoms with Crippen LogP contribution in [0.5, 0.6) is 0 Å². The minimum absolute atomic E-state index is 0.193. The van der Waals surface area contributed by atoms with Crippen molar-refractivity contribution in [2.45, 2.75) is 50.1 Å². The lowest BCUT2D eigenvalue weighted by atomic mass is 9.80. The van der Waals surface area contributed by atoms with Gasteiger partial charge in [0.15, 0.2) is 17.6 Å². The third kappa shape index (κ3) is 4.86. The third-order valence-electron chi connectivity index (χ3n) is 6.84. The number of hydrogen-bond acceptors (Lipinski definition) is 5. The second-order valence-corrected chi connectivity index (χ2v) is 8.69. The number of anilines is 1. The van der Waals surface area contributed by atoms with Crippen molar-refractivity contribution >= 4 is 11.8 Å². The van der Waals surface area contributed by atoms with Gasteiger partial charge in [-0.1, -0.05) is 19.3 Å². The molecule has 1 saturated carbocycles. The standard InChI is InChI=1S/C22H35FN6O/c1-24-21(27-18-7-11-28(16-18)20-19(23)6-5-10-25-20)26-17-22(8-3-2-4-9-22)29-12-14-30-15-13-29/h5-6,10,18H,2-4,7-9,11-17H2,1H3,(H2,24,26,27). The van der Waals surface area contributed by atoms with Crippen LogP contribution in [0.1, 0.15) is 38.5 Å². The Balaban J connectivity index is 1.33. The van der Waals surface area contributed by atoms with E-state index in [1.54, 1.807) is 12.3 Å². The van der Waals surface area contributed by atoms with Crippen LogP contribution in [0.15, 0.2) is 23.3 Å². The van der Waals surface area contributed by atoms with Gasteiger partial charge in [0.05, 0.1) is 13.2 Å². The molecule has 1 aromatic heterocycles. The van der Waals surface area contributed by atoms with Crippen LogP contribution < -0.4 is 15.5 Å². The normalized spacial score (nSPS) is 25.3. The zero-order valence-electron chi connectivity index (χ0n) is 18.1. The number of guanidine groups is 1. The van der Waals surface area contributed by atoms with E-state index in [0.29, 0.717) is 5.82 Å². The maximum atomic E-state index is 14.1. The van der Waals surface area contributed by atoms with Gasteiger partial charge in [0.2, 0.25) is 0 Å². The van der Waals surface area contributed by atoms with E-state index in [4.69, 9.17) is 4.74 Å². The summed E-state index contributed by atoms with van der Waals surface area (Å²) in [5.41, 5.74) is 0.193. The molecule has 0 aromatic carbocycles. The Hall–Kier alpha value is -1.93. The number of pyridine rings is 1. The largest absolute Gasteiger partial charge is 0.379 e. The minimum atomic E-state index is -0.259. The van der Waals surface area contributed by atoms with Crippen molar-refractivity contribution in [2.24, 2.45) is 4.99 Å². The van der Waals surface area contributed by atoms with Crippen molar-refractivity contribution in [1.82, 2.24) is 20.5 Å². The summed E-state index contributed by atoms with van der Waals surface area (Å²) in [5, 5.41) is 7.17. The van der Waals surface area contributed by atoms with Gasteiger partial charge in [0.25, 0.3) is 0 Å². The van der Waals surface area contributed by atoms with E-state index >= 15 is 0 Å². The topological polar surface area (TPSA) is 65.0 Å². The van der Waals surface area contributed by atoms with Crippen molar-refractivity contribution < 1.29 is 9.13 Å². The smallest absolute Gasteiger partial charge is 0.191 e. The van der Waals surface area contributed by atoms with Crippen LogP contribution in [0.25, 0.3) is 0 Å². The average molecular weight is 419 g/mol. The predicted octanol–water partition coefficient (Wildman–Crippen LogP) is 2.00. The highest BCUT2D eigenvalue weighted by molar-refractivity contribution is 5.80. The summed E-state index contributed by atoms with van der Waals surface area (Å²) in [6.07, 6.45) is 8.96. The number of aromatic nitrogens is 1. The summed E-state index contributed by atoms with van der Waals surface area (Å²) >= 11 is 0. The molecule has 0 amide bonds. The highest BCUT2D eigenvalue weighted by Gasteiger charge is 2.38. The lowest BCUT2D eigenvalue weighted by molar-refractivity contribution is -0.0352. The van der Waals surface area contributed by atoms with E-state index in [2.05, 4.69) is 25.5 Å². The van der Waals surface area contributed by atoms with Crippen LogP contribution in [-0.2, 0) is 4.74 Å². The van der Waals surface area contributed by atoms with Crippen LogP contribution in [0.3, 0.4) is 0 Å². The maximum absolute atomic E-state index is 14.1. The Morgan fingerprint density at radius 3 is 2.80 bits per heavy atom. The predicted molar refractivity (Wildman–Crippen MR) is 118 cm³/mol. The molecule has 30 heavy (non-hydrogen) atoms. The molecule has 1 aliphatic carbocycles. The highest BCUT2D eigenvalue weighted by Crippen LogP contribution is 2.34. The molecule has 0 bridgehead atoms. The molecule has 0 spiro atoms. The van der Waals surface area contributed by atoms with Crippen LogP contribution >= 0.6 is 0 Å². The first-order chi connectivity index (χ1) is 14.7. The van der Waals surface area contributed by atoms with Crippen LogP contribution in [0.2, 0.25) is 0 Å². The second kappa shape index (κ2) is 9.92. The lowest BCUT2D eigenvalue weighted by Gasteiger charge is -2.48. The van der Waals surface area contributed by atoms with E-state index in [0.717, 1.165) is 58.3 Å². The lowest BCUT2D eigenvalue weighted by Crippen LogP contribution is -2.61. The number of aliphatic imine (C=N–C) groups is 1. The summed E-state index contributed by atoms with van der Waals surface area (Å²) in [6, 6.07) is 3.33. The molecule has 2 aliphatic heterocycles. The van der Waals surface area contributed by atoms with Crippen molar-refractivity contribution in [1.29, 1.82) is 0 Å². The Labute approximate surface area is 179 Å². The zero-order chi connectivity index (χ0) is 20.8. The summed E-state index contributed by atoms with van der Waals surface area (Å²) in [7, 11) is 1.82. The molecule has 2 saturated heterocycles. The van der Waals surface area contributed by atoms with Crippen molar-refractivity contribution in [2.75, 3.05) is 57.9 Å². The molecule has 3 heterocycles. The first-order valence-corrected chi connectivity index (χ1v) is 11.4. The molecule has 1 aromatic rings. The minimum Gasteiger partial charge on any atom is -0.379 e. The molecule has 1 atom stereocenters. The number of nitrogens with one attached hydrogen (secondary N) is 2. The average Bonchev–Trinajstić information content (AvgIpc) is 3.26. The number of ether oxygens (including phenoxy) is 1. The molecular formula is C22H35FN6O. The summed E-state index contributed by atoms with van der Waals surface area (Å²) in [6.45, 7) is 6.11. The Bertz CT molecular complexity index is 717. The van der Waals surface area contributed by atoms with Gasteiger partial charge in [-0.3, -0.25) is 9.89 Å². The van der Waals surface area contributed by atoms with Crippen LogP contribution in [0, 0.1) is 5.82 Å². The maximum Gasteiger partial charge on any atom is 0.191 e. The first kappa shape index (κ1) is 21.3. The van der Waals surface area contributed by atoms with Gasteiger partial charge in [0.1, 0.15) is 0 Å². The second-order valence-electron chi connectivity index (χ2n) is 8.69. The van der Waals surface area contributed by atoms with E-state index in [1.807, 2.05) is 11.9 Å². The molecule has 3 fully saturated rings. The van der Waals surface area contributed by atoms with Crippen LogP contribution in [-0.4, -0.2) is 80.4 Å². The number of nitrogens with zero attached hydrogens (tertiary/aromatic N) is 4. The van der Waals surface area contributed by atoms with E-state index < -0.39 is 0 Å². The fourth-order valence-electron chi connectivity index (χ4n) is 5.17. The van der Waals surface area contributed by atoms with Gasteiger partial charge in [-0.2, -0.15) is 0 Å².